The summed E-state index contributed by atoms with van der Waals surface area (Å²) < 4.78 is 0. The van der Waals surface area contributed by atoms with Gasteiger partial charge in [-0.1, -0.05) is 6.08 Å². The van der Waals surface area contributed by atoms with Crippen LogP contribution in [0.25, 0.3) is 0 Å². The van der Waals surface area contributed by atoms with E-state index in [0.29, 0.717) is 18.1 Å². The van der Waals surface area contributed by atoms with Crippen LogP contribution in [-0.2, 0) is 0 Å². The van der Waals surface area contributed by atoms with Gasteiger partial charge in [0.15, 0.2) is 0 Å². The molecule has 0 radical (unpaired) electrons. The lowest BCUT2D eigenvalue weighted by atomic mass is 10.4. The van der Waals surface area contributed by atoms with E-state index in [1.807, 2.05) is 0 Å². The second-order valence-corrected chi connectivity index (χ2v) is 2.41. The van der Waals surface area contributed by atoms with Crippen molar-refractivity contribution in [2.75, 3.05) is 11.9 Å². The van der Waals surface area contributed by atoms with Crippen LogP contribution in [0.4, 0.5) is 5.95 Å². The summed E-state index contributed by atoms with van der Waals surface area (Å²) in [6.07, 6.45) is 3.23. The molecule has 0 fully saturated rings. The summed E-state index contributed by atoms with van der Waals surface area (Å²) in [6, 6.07) is 0. The van der Waals surface area contributed by atoms with Crippen LogP contribution in [0.1, 0.15) is 5.56 Å². The average Bonchev–Trinajstić information content (AvgIpc) is 2.07. The van der Waals surface area contributed by atoms with Gasteiger partial charge in [-0.25, -0.2) is 4.98 Å². The summed E-state index contributed by atoms with van der Waals surface area (Å²) in [5.74, 6) is 0.477. The highest BCUT2D eigenvalue weighted by molar-refractivity contribution is 5.25. The first-order valence-corrected chi connectivity index (χ1v) is 3.64. The quantitative estimate of drug-likeness (QED) is 0.647. The Morgan fingerprint density at radius 1 is 1.83 bits per heavy atom. The molecule has 2 N–H and O–H groups in total. The van der Waals surface area contributed by atoms with Crippen LogP contribution >= 0.6 is 0 Å². The van der Waals surface area contributed by atoms with E-state index >= 15 is 0 Å². The van der Waals surface area contributed by atoms with Crippen LogP contribution in [-0.4, -0.2) is 16.5 Å². The highest BCUT2D eigenvalue weighted by Gasteiger charge is 1.94. The maximum atomic E-state index is 11.0. The highest BCUT2D eigenvalue weighted by atomic mass is 16.1. The molecule has 0 aliphatic carbocycles. The summed E-state index contributed by atoms with van der Waals surface area (Å²) in [5, 5.41) is 2.88. The number of anilines is 1. The first kappa shape index (κ1) is 8.52. The van der Waals surface area contributed by atoms with Gasteiger partial charge in [0.05, 0.1) is 0 Å². The molecule has 0 saturated carbocycles. The minimum absolute atomic E-state index is 0.114. The normalized spacial score (nSPS) is 9.42. The van der Waals surface area contributed by atoms with E-state index in [0.717, 1.165) is 0 Å². The minimum Gasteiger partial charge on any atom is -0.352 e. The third-order valence-electron chi connectivity index (χ3n) is 1.39. The van der Waals surface area contributed by atoms with Crippen molar-refractivity contribution in [1.82, 2.24) is 9.97 Å². The molecule has 4 heteroatoms. The van der Waals surface area contributed by atoms with E-state index in [2.05, 4.69) is 21.9 Å². The zero-order valence-corrected chi connectivity index (χ0v) is 6.92. The second-order valence-electron chi connectivity index (χ2n) is 2.41. The molecule has 0 amide bonds. The van der Waals surface area contributed by atoms with E-state index < -0.39 is 0 Å². The number of rotatable bonds is 3. The fraction of sp³-hybridized carbons (Fsp3) is 0.250. The van der Waals surface area contributed by atoms with Gasteiger partial charge in [-0.3, -0.25) is 9.78 Å². The Bertz CT molecular complexity index is 329. The molecule has 4 nitrogen and oxygen atoms in total. The Hall–Kier alpha value is -1.58. The summed E-state index contributed by atoms with van der Waals surface area (Å²) in [6.45, 7) is 5.83. The molecular weight excluding hydrogens is 154 g/mol. The predicted octanol–water partition coefficient (Wildman–Crippen LogP) is 0.676. The summed E-state index contributed by atoms with van der Waals surface area (Å²) in [5.41, 5.74) is 0.496. The Morgan fingerprint density at radius 3 is 3.17 bits per heavy atom. The number of hydrogen-bond acceptors (Lipinski definition) is 3. The van der Waals surface area contributed by atoms with E-state index in [9.17, 15) is 4.79 Å². The lowest BCUT2D eigenvalue weighted by molar-refractivity contribution is 1.06. The van der Waals surface area contributed by atoms with Crippen molar-refractivity contribution in [2.24, 2.45) is 0 Å². The molecule has 0 bridgehead atoms. The summed E-state index contributed by atoms with van der Waals surface area (Å²) >= 11 is 0. The van der Waals surface area contributed by atoms with Crippen LogP contribution in [0.15, 0.2) is 23.6 Å². The van der Waals surface area contributed by atoms with Gasteiger partial charge in [0.1, 0.15) is 0 Å². The highest BCUT2D eigenvalue weighted by Crippen LogP contribution is 1.92. The third kappa shape index (κ3) is 1.95. The van der Waals surface area contributed by atoms with Gasteiger partial charge in [-0.05, 0) is 6.92 Å². The molecule has 0 saturated heterocycles. The first-order valence-electron chi connectivity index (χ1n) is 3.64. The SMILES string of the molecule is C=CCNc1ncc(C)c(=O)[nH]1. The summed E-state index contributed by atoms with van der Waals surface area (Å²) in [4.78, 5) is 17.6. The van der Waals surface area contributed by atoms with Crippen molar-refractivity contribution in [2.45, 2.75) is 6.92 Å². The third-order valence-corrected chi connectivity index (χ3v) is 1.39. The van der Waals surface area contributed by atoms with Crippen LogP contribution in [0.2, 0.25) is 0 Å². The molecule has 1 aromatic heterocycles. The van der Waals surface area contributed by atoms with E-state index in [-0.39, 0.29) is 5.56 Å². The van der Waals surface area contributed by atoms with E-state index in [4.69, 9.17) is 0 Å². The van der Waals surface area contributed by atoms with Crippen LogP contribution in [0.5, 0.6) is 0 Å². The molecule has 1 heterocycles. The molecule has 0 aliphatic heterocycles. The zero-order valence-electron chi connectivity index (χ0n) is 6.92. The number of H-pyrrole nitrogens is 1. The van der Waals surface area contributed by atoms with Crippen LogP contribution in [0, 0.1) is 6.92 Å². The Balaban J connectivity index is 2.82. The number of nitrogens with one attached hydrogen (secondary N) is 2. The Kier molecular flexibility index (Phi) is 2.63. The fourth-order valence-electron chi connectivity index (χ4n) is 0.717. The Labute approximate surface area is 70.4 Å². The van der Waals surface area contributed by atoms with Crippen molar-refractivity contribution in [3.63, 3.8) is 0 Å². The van der Waals surface area contributed by atoms with Crippen molar-refractivity contribution in [3.05, 3.63) is 34.8 Å². The van der Waals surface area contributed by atoms with E-state index in [1.165, 1.54) is 6.20 Å². The van der Waals surface area contributed by atoms with Crippen molar-refractivity contribution in [3.8, 4) is 0 Å². The van der Waals surface area contributed by atoms with Gasteiger partial charge < -0.3 is 5.32 Å². The molecule has 0 aliphatic rings. The maximum Gasteiger partial charge on any atom is 0.255 e. The molecular formula is C8H11N3O. The molecule has 0 atom stereocenters. The Morgan fingerprint density at radius 2 is 2.58 bits per heavy atom. The number of aromatic amines is 1. The van der Waals surface area contributed by atoms with E-state index in [1.54, 1.807) is 13.0 Å². The minimum atomic E-state index is -0.114. The van der Waals surface area contributed by atoms with Gasteiger partial charge >= 0.3 is 0 Å². The number of nitrogens with zero attached hydrogens (tertiary/aromatic N) is 1. The number of aryl methyl sites for hydroxylation is 1. The van der Waals surface area contributed by atoms with Crippen molar-refractivity contribution in [1.29, 1.82) is 0 Å². The molecule has 0 aromatic carbocycles. The first-order chi connectivity index (χ1) is 5.74. The molecule has 1 rings (SSSR count). The molecule has 0 unspecified atom stereocenters. The second kappa shape index (κ2) is 3.71. The molecule has 0 spiro atoms. The van der Waals surface area contributed by atoms with Gasteiger partial charge in [-0.15, -0.1) is 6.58 Å². The van der Waals surface area contributed by atoms with Gasteiger partial charge in [0.25, 0.3) is 5.56 Å². The fourth-order valence-corrected chi connectivity index (χ4v) is 0.717. The molecule has 1 aromatic rings. The number of aromatic nitrogens is 2. The lowest BCUT2D eigenvalue weighted by Gasteiger charge is -2.00. The predicted molar refractivity (Wildman–Crippen MR) is 48.3 cm³/mol. The number of hydrogen-bond donors (Lipinski definition) is 2. The van der Waals surface area contributed by atoms with Gasteiger partial charge in [0.2, 0.25) is 5.95 Å². The zero-order chi connectivity index (χ0) is 8.97. The summed E-state index contributed by atoms with van der Waals surface area (Å²) in [7, 11) is 0. The molecule has 12 heavy (non-hydrogen) atoms. The maximum absolute atomic E-state index is 11.0. The lowest BCUT2D eigenvalue weighted by Crippen LogP contribution is -2.14. The van der Waals surface area contributed by atoms with Gasteiger partial charge in [0, 0.05) is 18.3 Å². The van der Waals surface area contributed by atoms with Crippen LogP contribution in [0.3, 0.4) is 0 Å². The topological polar surface area (TPSA) is 57.8 Å². The average molecular weight is 165 g/mol. The standard InChI is InChI=1S/C8H11N3O/c1-3-4-9-8-10-5-6(2)7(12)11-8/h3,5H,1,4H2,2H3,(H2,9,10,11,12). The smallest absolute Gasteiger partial charge is 0.255 e. The van der Waals surface area contributed by atoms with Gasteiger partial charge in [-0.2, -0.15) is 0 Å². The van der Waals surface area contributed by atoms with Crippen molar-refractivity contribution >= 4 is 5.95 Å². The monoisotopic (exact) mass is 165 g/mol. The molecule has 64 valence electrons. The van der Waals surface area contributed by atoms with Crippen molar-refractivity contribution < 1.29 is 0 Å². The van der Waals surface area contributed by atoms with Crippen LogP contribution < -0.4 is 10.9 Å². The largest absolute Gasteiger partial charge is 0.352 e.